The minimum absolute atomic E-state index is 0.589. The molecule has 1 aromatic rings. The molecule has 71 valence electrons. The molecule has 0 amide bonds. The molecule has 1 nitrogen and oxygen atoms in total. The fraction of sp³-hybridized carbons (Fsp3) is 0.417. The molecule has 0 heterocycles. The molecule has 0 saturated heterocycles. The highest BCUT2D eigenvalue weighted by Gasteiger charge is 1.91. The first-order valence-electron chi connectivity index (χ1n) is 4.84. The SMILES string of the molecule is [CH2]COCCCCc1ccccc1. The second-order valence-electron chi connectivity index (χ2n) is 3.06. The fourth-order valence-electron chi connectivity index (χ4n) is 1.28. The van der Waals surface area contributed by atoms with Crippen molar-refractivity contribution < 1.29 is 4.74 Å². The van der Waals surface area contributed by atoms with Gasteiger partial charge in [0, 0.05) is 13.2 Å². The lowest BCUT2D eigenvalue weighted by atomic mass is 10.1. The van der Waals surface area contributed by atoms with Gasteiger partial charge in [-0.05, 0) is 31.7 Å². The van der Waals surface area contributed by atoms with Gasteiger partial charge >= 0.3 is 0 Å². The standard InChI is InChI=1S/C12H17O/c1-2-13-11-7-6-10-12-8-4-3-5-9-12/h3-5,8-9H,1-2,6-7,10-11H2. The van der Waals surface area contributed by atoms with Crippen LogP contribution in [0.5, 0.6) is 0 Å². The van der Waals surface area contributed by atoms with E-state index in [-0.39, 0.29) is 0 Å². The summed E-state index contributed by atoms with van der Waals surface area (Å²) in [6.07, 6.45) is 3.48. The van der Waals surface area contributed by atoms with Crippen LogP contribution in [0.3, 0.4) is 0 Å². The second-order valence-corrected chi connectivity index (χ2v) is 3.06. The summed E-state index contributed by atoms with van der Waals surface area (Å²) in [6.45, 7) is 5.05. The topological polar surface area (TPSA) is 9.23 Å². The first-order valence-corrected chi connectivity index (χ1v) is 4.84. The smallest absolute Gasteiger partial charge is 0.0466 e. The molecule has 0 aromatic heterocycles. The lowest BCUT2D eigenvalue weighted by Crippen LogP contribution is -1.94. The maximum atomic E-state index is 5.16. The molecule has 13 heavy (non-hydrogen) atoms. The highest BCUT2D eigenvalue weighted by Crippen LogP contribution is 2.04. The van der Waals surface area contributed by atoms with Crippen LogP contribution in [0.1, 0.15) is 18.4 Å². The van der Waals surface area contributed by atoms with E-state index in [2.05, 4.69) is 37.3 Å². The highest BCUT2D eigenvalue weighted by atomic mass is 16.5. The maximum Gasteiger partial charge on any atom is 0.0466 e. The van der Waals surface area contributed by atoms with Crippen molar-refractivity contribution in [2.24, 2.45) is 0 Å². The number of rotatable bonds is 6. The van der Waals surface area contributed by atoms with Crippen molar-refractivity contribution in [1.82, 2.24) is 0 Å². The van der Waals surface area contributed by atoms with Crippen LogP contribution in [0.25, 0.3) is 0 Å². The molecule has 0 saturated carbocycles. The molecule has 1 rings (SSSR count). The monoisotopic (exact) mass is 177 g/mol. The van der Waals surface area contributed by atoms with E-state index >= 15 is 0 Å². The Morgan fingerprint density at radius 3 is 2.54 bits per heavy atom. The van der Waals surface area contributed by atoms with Gasteiger partial charge in [-0.25, -0.2) is 0 Å². The normalized spacial score (nSPS) is 10.2. The number of hydrogen-bond donors (Lipinski definition) is 0. The Labute approximate surface area is 80.7 Å². The quantitative estimate of drug-likeness (QED) is 0.607. The van der Waals surface area contributed by atoms with Crippen LogP contribution in [0.2, 0.25) is 0 Å². The Hall–Kier alpha value is -0.820. The Bertz CT molecular complexity index is 206. The number of ether oxygens (including phenoxy) is 1. The third-order valence-corrected chi connectivity index (χ3v) is 1.99. The Morgan fingerprint density at radius 2 is 1.85 bits per heavy atom. The molecule has 0 aliphatic rings. The van der Waals surface area contributed by atoms with Crippen molar-refractivity contribution in [3.05, 3.63) is 42.8 Å². The van der Waals surface area contributed by atoms with Crippen LogP contribution >= 0.6 is 0 Å². The van der Waals surface area contributed by atoms with E-state index in [1.807, 2.05) is 0 Å². The van der Waals surface area contributed by atoms with Gasteiger partial charge < -0.3 is 4.74 Å². The van der Waals surface area contributed by atoms with Gasteiger partial charge in [0.2, 0.25) is 0 Å². The van der Waals surface area contributed by atoms with Gasteiger partial charge in [0.25, 0.3) is 0 Å². The molecule has 0 spiro atoms. The third kappa shape index (κ3) is 4.69. The largest absolute Gasteiger partial charge is 0.381 e. The van der Waals surface area contributed by atoms with Crippen molar-refractivity contribution in [2.75, 3.05) is 13.2 Å². The summed E-state index contributed by atoms with van der Waals surface area (Å²) >= 11 is 0. The Morgan fingerprint density at radius 1 is 1.08 bits per heavy atom. The summed E-state index contributed by atoms with van der Waals surface area (Å²) in [5, 5.41) is 0. The zero-order valence-corrected chi connectivity index (χ0v) is 8.04. The van der Waals surface area contributed by atoms with E-state index in [1.165, 1.54) is 12.0 Å². The van der Waals surface area contributed by atoms with E-state index in [9.17, 15) is 0 Å². The van der Waals surface area contributed by atoms with Crippen LogP contribution in [0, 0.1) is 6.92 Å². The Kier molecular flexibility index (Phi) is 5.27. The summed E-state index contributed by atoms with van der Waals surface area (Å²) in [5.74, 6) is 0. The molecule has 1 radical (unpaired) electrons. The van der Waals surface area contributed by atoms with E-state index in [0.29, 0.717) is 6.61 Å². The lowest BCUT2D eigenvalue weighted by molar-refractivity contribution is 0.156. The van der Waals surface area contributed by atoms with Crippen LogP contribution in [0.4, 0.5) is 0 Å². The molecular weight excluding hydrogens is 160 g/mol. The number of unbranched alkanes of at least 4 members (excludes halogenated alkanes) is 1. The minimum atomic E-state index is 0.589. The second kappa shape index (κ2) is 6.67. The molecule has 0 aliphatic carbocycles. The molecule has 0 unspecified atom stereocenters. The van der Waals surface area contributed by atoms with Crippen molar-refractivity contribution in [2.45, 2.75) is 19.3 Å². The molecule has 0 N–H and O–H groups in total. The predicted molar refractivity (Wildman–Crippen MR) is 55.6 cm³/mol. The molecule has 1 heteroatoms. The molecule has 0 fully saturated rings. The van der Waals surface area contributed by atoms with Crippen molar-refractivity contribution in [3.8, 4) is 0 Å². The summed E-state index contributed by atoms with van der Waals surface area (Å²) in [6, 6.07) is 10.6. The maximum absolute atomic E-state index is 5.16. The first kappa shape index (κ1) is 10.3. The zero-order valence-electron chi connectivity index (χ0n) is 8.04. The third-order valence-electron chi connectivity index (χ3n) is 1.99. The lowest BCUT2D eigenvalue weighted by Gasteiger charge is -2.01. The summed E-state index contributed by atoms with van der Waals surface area (Å²) in [7, 11) is 0. The van der Waals surface area contributed by atoms with Gasteiger partial charge in [-0.2, -0.15) is 0 Å². The summed E-state index contributed by atoms with van der Waals surface area (Å²) in [4.78, 5) is 0. The number of benzene rings is 1. The van der Waals surface area contributed by atoms with E-state index < -0.39 is 0 Å². The van der Waals surface area contributed by atoms with E-state index in [0.717, 1.165) is 19.4 Å². The zero-order chi connectivity index (χ0) is 9.36. The van der Waals surface area contributed by atoms with Crippen molar-refractivity contribution >= 4 is 0 Å². The predicted octanol–water partition coefficient (Wildman–Crippen LogP) is 2.86. The molecule has 0 aliphatic heterocycles. The fourth-order valence-corrected chi connectivity index (χ4v) is 1.28. The van der Waals surface area contributed by atoms with Crippen LogP contribution < -0.4 is 0 Å². The van der Waals surface area contributed by atoms with E-state index in [4.69, 9.17) is 4.74 Å². The Balaban J connectivity index is 2.07. The number of hydrogen-bond acceptors (Lipinski definition) is 1. The van der Waals surface area contributed by atoms with Crippen LogP contribution in [-0.4, -0.2) is 13.2 Å². The van der Waals surface area contributed by atoms with E-state index in [1.54, 1.807) is 0 Å². The van der Waals surface area contributed by atoms with Gasteiger partial charge in [0.05, 0.1) is 0 Å². The average molecular weight is 177 g/mol. The molecule has 1 aromatic carbocycles. The van der Waals surface area contributed by atoms with Crippen LogP contribution in [-0.2, 0) is 11.2 Å². The average Bonchev–Trinajstić information content (AvgIpc) is 2.19. The minimum Gasteiger partial charge on any atom is -0.381 e. The van der Waals surface area contributed by atoms with Gasteiger partial charge in [-0.3, -0.25) is 0 Å². The molecule has 0 bridgehead atoms. The van der Waals surface area contributed by atoms with Crippen LogP contribution in [0.15, 0.2) is 30.3 Å². The van der Waals surface area contributed by atoms with Gasteiger partial charge in [0.1, 0.15) is 0 Å². The van der Waals surface area contributed by atoms with Crippen molar-refractivity contribution in [1.29, 1.82) is 0 Å². The van der Waals surface area contributed by atoms with Crippen molar-refractivity contribution in [3.63, 3.8) is 0 Å². The van der Waals surface area contributed by atoms with Gasteiger partial charge in [-0.1, -0.05) is 30.3 Å². The van der Waals surface area contributed by atoms with Gasteiger partial charge in [0.15, 0.2) is 0 Å². The molecular formula is C12H17O. The number of aryl methyl sites for hydroxylation is 1. The first-order chi connectivity index (χ1) is 6.43. The summed E-state index contributed by atoms with van der Waals surface area (Å²) in [5.41, 5.74) is 1.41. The highest BCUT2D eigenvalue weighted by molar-refractivity contribution is 5.14. The van der Waals surface area contributed by atoms with Gasteiger partial charge in [-0.15, -0.1) is 0 Å². The summed E-state index contributed by atoms with van der Waals surface area (Å²) < 4.78 is 5.16. The molecule has 0 atom stereocenters.